The molecule has 0 unspecified atom stereocenters. The molecule has 0 bridgehead atoms. The average molecular weight is 306 g/mol. The van der Waals surface area contributed by atoms with Crippen LogP contribution in [-0.4, -0.2) is 35.5 Å². The second kappa shape index (κ2) is 6.86. The summed E-state index contributed by atoms with van der Waals surface area (Å²) in [5.74, 6) is 0. The first-order valence-corrected chi connectivity index (χ1v) is 8.95. The van der Waals surface area contributed by atoms with Crippen LogP contribution in [0.5, 0.6) is 0 Å². The van der Waals surface area contributed by atoms with E-state index in [4.69, 9.17) is 0 Å². The fraction of sp³-hybridized carbons (Fsp3) is 0.429. The molecule has 2 aromatic rings. The van der Waals surface area contributed by atoms with Crippen LogP contribution in [-0.2, 0) is 19.5 Å². The molecular formula is C21H26N2. The zero-order valence-corrected chi connectivity index (χ0v) is 13.8. The lowest BCUT2D eigenvalue weighted by Gasteiger charge is -2.40. The van der Waals surface area contributed by atoms with E-state index in [1.165, 1.54) is 44.5 Å². The summed E-state index contributed by atoms with van der Waals surface area (Å²) in [6.07, 6.45) is 3.85. The normalized spacial score (nSPS) is 20.3. The third-order valence-electron chi connectivity index (χ3n) is 5.48. The number of nitrogens with zero attached hydrogens (tertiary/aromatic N) is 2. The molecule has 2 heterocycles. The van der Waals surface area contributed by atoms with E-state index in [1.807, 2.05) is 0 Å². The number of rotatable bonds is 3. The van der Waals surface area contributed by atoms with Crippen LogP contribution in [0.1, 0.15) is 29.5 Å². The highest BCUT2D eigenvalue weighted by molar-refractivity contribution is 5.29. The Morgan fingerprint density at radius 1 is 0.783 bits per heavy atom. The molecule has 1 saturated heterocycles. The summed E-state index contributed by atoms with van der Waals surface area (Å²) in [6, 6.07) is 20.6. The van der Waals surface area contributed by atoms with E-state index in [2.05, 4.69) is 64.4 Å². The van der Waals surface area contributed by atoms with Gasteiger partial charge in [-0.15, -0.1) is 0 Å². The van der Waals surface area contributed by atoms with E-state index in [-0.39, 0.29) is 0 Å². The van der Waals surface area contributed by atoms with E-state index < -0.39 is 0 Å². The molecule has 4 rings (SSSR count). The summed E-state index contributed by atoms with van der Waals surface area (Å²) in [4.78, 5) is 5.34. The van der Waals surface area contributed by atoms with Crippen molar-refractivity contribution in [2.75, 3.05) is 19.6 Å². The second-order valence-corrected chi connectivity index (χ2v) is 6.98. The smallest absolute Gasteiger partial charge is 0.0239 e. The van der Waals surface area contributed by atoms with Crippen LogP contribution in [0.4, 0.5) is 0 Å². The topological polar surface area (TPSA) is 6.48 Å². The predicted octanol–water partition coefficient (Wildman–Crippen LogP) is 3.71. The van der Waals surface area contributed by atoms with Crippen molar-refractivity contribution in [3.8, 4) is 0 Å². The van der Waals surface area contributed by atoms with Gasteiger partial charge in [0.2, 0.25) is 0 Å². The van der Waals surface area contributed by atoms with Crippen molar-refractivity contribution in [2.24, 2.45) is 0 Å². The number of benzene rings is 2. The van der Waals surface area contributed by atoms with Crippen LogP contribution < -0.4 is 0 Å². The van der Waals surface area contributed by atoms with Gasteiger partial charge in [-0.1, -0.05) is 54.6 Å². The Kier molecular flexibility index (Phi) is 4.45. The molecule has 0 N–H and O–H groups in total. The molecule has 0 aromatic heterocycles. The van der Waals surface area contributed by atoms with Crippen molar-refractivity contribution >= 4 is 0 Å². The van der Waals surface area contributed by atoms with Crippen molar-refractivity contribution in [1.29, 1.82) is 0 Å². The summed E-state index contributed by atoms with van der Waals surface area (Å²) >= 11 is 0. The third-order valence-corrected chi connectivity index (χ3v) is 5.48. The van der Waals surface area contributed by atoms with Gasteiger partial charge >= 0.3 is 0 Å². The van der Waals surface area contributed by atoms with Gasteiger partial charge in [0.05, 0.1) is 0 Å². The Labute approximate surface area is 139 Å². The van der Waals surface area contributed by atoms with Crippen LogP contribution in [0.3, 0.4) is 0 Å². The molecular weight excluding hydrogens is 280 g/mol. The van der Waals surface area contributed by atoms with Crippen molar-refractivity contribution in [2.45, 2.75) is 38.4 Å². The Balaban J connectivity index is 1.32. The maximum Gasteiger partial charge on any atom is 0.0239 e. The highest BCUT2D eigenvalue weighted by Gasteiger charge is 2.27. The largest absolute Gasteiger partial charge is 0.299 e. The van der Waals surface area contributed by atoms with E-state index in [0.29, 0.717) is 0 Å². The molecule has 2 aliphatic heterocycles. The molecule has 120 valence electrons. The van der Waals surface area contributed by atoms with Gasteiger partial charge in [0.15, 0.2) is 0 Å². The Bertz CT molecular complexity index is 629. The molecule has 0 aliphatic carbocycles. The van der Waals surface area contributed by atoms with Crippen LogP contribution in [0.2, 0.25) is 0 Å². The molecule has 0 spiro atoms. The van der Waals surface area contributed by atoms with Gasteiger partial charge in [0.1, 0.15) is 0 Å². The molecule has 0 atom stereocenters. The minimum atomic E-state index is 0.773. The van der Waals surface area contributed by atoms with Gasteiger partial charge in [-0.3, -0.25) is 9.80 Å². The lowest BCUT2D eigenvalue weighted by molar-refractivity contribution is 0.0949. The van der Waals surface area contributed by atoms with Gasteiger partial charge < -0.3 is 0 Å². The highest BCUT2D eigenvalue weighted by atomic mass is 15.2. The molecule has 0 amide bonds. The zero-order valence-electron chi connectivity index (χ0n) is 13.8. The van der Waals surface area contributed by atoms with Crippen LogP contribution >= 0.6 is 0 Å². The SMILES string of the molecule is c1ccc(CN2CCC(N3CCc4ccccc4C3)CC2)cc1. The summed E-state index contributed by atoms with van der Waals surface area (Å²) in [7, 11) is 0. The van der Waals surface area contributed by atoms with Crippen LogP contribution in [0.15, 0.2) is 54.6 Å². The first-order valence-electron chi connectivity index (χ1n) is 8.95. The van der Waals surface area contributed by atoms with E-state index >= 15 is 0 Å². The minimum Gasteiger partial charge on any atom is -0.299 e. The maximum absolute atomic E-state index is 2.72. The molecule has 2 nitrogen and oxygen atoms in total. The Hall–Kier alpha value is -1.64. The lowest BCUT2D eigenvalue weighted by atomic mass is 9.95. The Morgan fingerprint density at radius 3 is 2.26 bits per heavy atom. The second-order valence-electron chi connectivity index (χ2n) is 6.98. The minimum absolute atomic E-state index is 0.773. The number of hydrogen-bond acceptors (Lipinski definition) is 2. The Morgan fingerprint density at radius 2 is 1.48 bits per heavy atom. The van der Waals surface area contributed by atoms with Gasteiger partial charge in [0.25, 0.3) is 0 Å². The first kappa shape index (κ1) is 14.9. The van der Waals surface area contributed by atoms with E-state index in [1.54, 1.807) is 11.1 Å². The molecule has 2 aliphatic rings. The molecule has 0 radical (unpaired) electrons. The maximum atomic E-state index is 2.72. The van der Waals surface area contributed by atoms with Gasteiger partial charge in [-0.25, -0.2) is 0 Å². The van der Waals surface area contributed by atoms with Gasteiger partial charge in [-0.05, 0) is 49.0 Å². The van der Waals surface area contributed by atoms with E-state index in [0.717, 1.165) is 19.1 Å². The lowest BCUT2D eigenvalue weighted by Crippen LogP contribution is -2.46. The fourth-order valence-electron chi connectivity index (χ4n) is 4.11. The van der Waals surface area contributed by atoms with Crippen molar-refractivity contribution in [1.82, 2.24) is 9.80 Å². The van der Waals surface area contributed by atoms with Crippen molar-refractivity contribution < 1.29 is 0 Å². The van der Waals surface area contributed by atoms with Gasteiger partial charge in [-0.2, -0.15) is 0 Å². The number of piperidine rings is 1. The van der Waals surface area contributed by atoms with Crippen LogP contribution in [0.25, 0.3) is 0 Å². The molecule has 2 heteroatoms. The first-order chi connectivity index (χ1) is 11.4. The van der Waals surface area contributed by atoms with Crippen LogP contribution in [0, 0.1) is 0 Å². The van der Waals surface area contributed by atoms with Crippen molar-refractivity contribution in [3.05, 3.63) is 71.3 Å². The van der Waals surface area contributed by atoms with Gasteiger partial charge in [0, 0.05) is 25.7 Å². The highest BCUT2D eigenvalue weighted by Crippen LogP contribution is 2.25. The molecule has 2 aromatic carbocycles. The standard InChI is InChI=1S/C21H26N2/c1-2-6-18(7-3-1)16-22-13-11-21(12-14-22)23-15-10-19-8-4-5-9-20(19)17-23/h1-9,21H,10-17H2. The summed E-state index contributed by atoms with van der Waals surface area (Å²) < 4.78 is 0. The third kappa shape index (κ3) is 3.49. The number of hydrogen-bond donors (Lipinski definition) is 0. The van der Waals surface area contributed by atoms with E-state index in [9.17, 15) is 0 Å². The monoisotopic (exact) mass is 306 g/mol. The molecule has 0 saturated carbocycles. The number of fused-ring (bicyclic) bond motifs is 1. The fourth-order valence-corrected chi connectivity index (χ4v) is 4.11. The summed E-state index contributed by atoms with van der Waals surface area (Å²) in [6.45, 7) is 5.96. The zero-order chi connectivity index (χ0) is 15.5. The molecule has 23 heavy (non-hydrogen) atoms. The predicted molar refractivity (Wildman–Crippen MR) is 95.3 cm³/mol. The average Bonchev–Trinajstić information content (AvgIpc) is 2.63. The summed E-state index contributed by atoms with van der Waals surface area (Å²) in [5.41, 5.74) is 4.55. The quantitative estimate of drug-likeness (QED) is 0.853. The number of likely N-dealkylation sites (tertiary alicyclic amines) is 1. The van der Waals surface area contributed by atoms with Crippen molar-refractivity contribution in [3.63, 3.8) is 0 Å². The molecule has 1 fully saturated rings. The summed E-state index contributed by atoms with van der Waals surface area (Å²) in [5, 5.41) is 0.